The van der Waals surface area contributed by atoms with Crippen molar-refractivity contribution in [2.45, 2.75) is 36.8 Å². The largest absolute Gasteiger partial charge is 0.416 e. The molecular weight excluding hydrogens is 566 g/mol. The number of nitrogens with zero attached hydrogens (tertiary/aromatic N) is 2. The van der Waals surface area contributed by atoms with Crippen LogP contribution in [-0.2, 0) is 18.0 Å². The van der Waals surface area contributed by atoms with Gasteiger partial charge in [-0.15, -0.1) is 6.58 Å². The summed E-state index contributed by atoms with van der Waals surface area (Å²) >= 11 is 5.29. The fraction of sp³-hybridized carbons (Fsp3) is 0.379. The van der Waals surface area contributed by atoms with E-state index in [0.29, 0.717) is 35.6 Å². The summed E-state index contributed by atoms with van der Waals surface area (Å²) in [5.74, 6) is 0.607. The van der Waals surface area contributed by atoms with Gasteiger partial charge in [-0.1, -0.05) is 24.3 Å². The molecule has 3 aliphatic rings. The van der Waals surface area contributed by atoms with Gasteiger partial charge in [-0.05, 0) is 79.3 Å². The number of fused-ring (bicyclic) bond motifs is 4. The Labute approximate surface area is 238 Å². The van der Waals surface area contributed by atoms with Gasteiger partial charge in [0.25, 0.3) is 0 Å². The van der Waals surface area contributed by atoms with Crippen molar-refractivity contribution in [1.82, 2.24) is 15.2 Å². The molecule has 0 aliphatic carbocycles. The highest BCUT2D eigenvalue weighted by molar-refractivity contribution is 7.80. The first-order valence-electron chi connectivity index (χ1n) is 13.1. The van der Waals surface area contributed by atoms with Crippen molar-refractivity contribution in [1.29, 1.82) is 0 Å². The van der Waals surface area contributed by atoms with E-state index in [-0.39, 0.29) is 29.7 Å². The summed E-state index contributed by atoms with van der Waals surface area (Å²) in [5, 5.41) is 18.3. The van der Waals surface area contributed by atoms with E-state index in [1.807, 2.05) is 30.3 Å². The number of pyridine rings is 1. The lowest BCUT2D eigenvalue weighted by Crippen LogP contribution is -2.63. The zero-order chi connectivity index (χ0) is 29.6. The maximum absolute atomic E-state index is 13.3. The van der Waals surface area contributed by atoms with Gasteiger partial charge in [0.05, 0.1) is 23.2 Å². The van der Waals surface area contributed by atoms with E-state index in [0.717, 1.165) is 24.9 Å². The third-order valence-corrected chi connectivity index (χ3v) is 8.38. The number of alkyl halides is 6. The van der Waals surface area contributed by atoms with Gasteiger partial charge in [-0.2, -0.15) is 26.3 Å². The molecule has 3 aliphatic heterocycles. The molecule has 218 valence electrons. The van der Waals surface area contributed by atoms with Crippen LogP contribution < -0.4 is 10.6 Å². The molecular formula is C29H28F6N4OS. The molecule has 0 radical (unpaired) electrons. The number of para-hydroxylation sites is 1. The zero-order valence-electron chi connectivity index (χ0n) is 21.8. The minimum Gasteiger partial charge on any atom is -0.382 e. The Morgan fingerprint density at radius 2 is 1.76 bits per heavy atom. The minimum atomic E-state index is -4.99. The SMILES string of the molecule is C=CC1CN2CCC1CC2C(O)(CNC(=S)Nc1cc(C(F)(F)F)cc(C(F)(F)F)c1)c1ccnc2ccccc12. The van der Waals surface area contributed by atoms with Gasteiger partial charge in [0.2, 0.25) is 0 Å². The number of anilines is 1. The quantitative estimate of drug-likeness (QED) is 0.176. The number of halogens is 6. The third kappa shape index (κ3) is 5.91. The van der Waals surface area contributed by atoms with E-state index >= 15 is 0 Å². The molecule has 3 aromatic rings. The van der Waals surface area contributed by atoms with Crippen LogP contribution in [0.4, 0.5) is 32.0 Å². The molecule has 5 atom stereocenters. The molecule has 0 spiro atoms. The van der Waals surface area contributed by atoms with Crippen LogP contribution in [0, 0.1) is 11.8 Å². The van der Waals surface area contributed by atoms with Crippen molar-refractivity contribution in [3.63, 3.8) is 0 Å². The van der Waals surface area contributed by atoms with Crippen molar-refractivity contribution >= 4 is 33.9 Å². The molecule has 41 heavy (non-hydrogen) atoms. The molecule has 12 heteroatoms. The van der Waals surface area contributed by atoms with Crippen molar-refractivity contribution in [2.24, 2.45) is 11.8 Å². The van der Waals surface area contributed by atoms with E-state index in [1.54, 1.807) is 12.3 Å². The Hall–Kier alpha value is -3.22. The van der Waals surface area contributed by atoms with E-state index < -0.39 is 34.8 Å². The Bertz CT molecular complexity index is 1420. The smallest absolute Gasteiger partial charge is 0.382 e. The van der Waals surface area contributed by atoms with Crippen molar-refractivity contribution < 1.29 is 31.4 Å². The van der Waals surface area contributed by atoms with Gasteiger partial charge in [-0.3, -0.25) is 9.88 Å². The molecule has 3 saturated heterocycles. The standard InChI is InChI=1S/C29H28F6N4OS/c1-2-17-15-39-10-8-18(17)11-25(39)27(40,23-7-9-36-24-6-4-3-5-22(23)24)16-37-26(41)38-21-13-19(28(30,31)32)12-20(14-21)29(33,34)35/h2-7,9,12-14,17-18,25,40H,1,8,10-11,15-16H2,(H2,37,38,41). The molecule has 4 heterocycles. The summed E-state index contributed by atoms with van der Waals surface area (Å²) in [4.78, 5) is 6.61. The number of hydrogen-bond acceptors (Lipinski definition) is 4. The number of thiocarbonyl (C=S) groups is 1. The van der Waals surface area contributed by atoms with Gasteiger partial charge in [0, 0.05) is 29.9 Å². The predicted molar refractivity (Wildman–Crippen MR) is 148 cm³/mol. The summed E-state index contributed by atoms with van der Waals surface area (Å²) < 4.78 is 80.0. The van der Waals surface area contributed by atoms with Crippen LogP contribution in [0.25, 0.3) is 10.9 Å². The molecule has 3 fully saturated rings. The third-order valence-electron chi connectivity index (χ3n) is 8.14. The molecule has 5 nitrogen and oxygen atoms in total. The maximum Gasteiger partial charge on any atom is 0.416 e. The molecule has 5 unspecified atom stereocenters. The summed E-state index contributed by atoms with van der Waals surface area (Å²) in [7, 11) is 0. The molecule has 6 rings (SSSR count). The Balaban J connectivity index is 1.45. The van der Waals surface area contributed by atoms with Gasteiger partial charge >= 0.3 is 12.4 Å². The molecule has 2 bridgehead atoms. The number of aromatic nitrogens is 1. The Morgan fingerprint density at radius 3 is 2.37 bits per heavy atom. The van der Waals surface area contributed by atoms with Gasteiger partial charge in [-0.25, -0.2) is 0 Å². The van der Waals surface area contributed by atoms with E-state index in [4.69, 9.17) is 12.2 Å². The molecule has 1 aromatic heterocycles. The average molecular weight is 595 g/mol. The van der Waals surface area contributed by atoms with E-state index in [1.165, 1.54) is 0 Å². The van der Waals surface area contributed by atoms with Crippen molar-refractivity contribution in [3.05, 3.63) is 84.1 Å². The lowest BCUT2D eigenvalue weighted by atomic mass is 9.69. The molecule has 2 aromatic carbocycles. The first kappa shape index (κ1) is 29.3. The number of hydrogen-bond donors (Lipinski definition) is 3. The van der Waals surface area contributed by atoms with Crippen LogP contribution in [0.5, 0.6) is 0 Å². The number of rotatable bonds is 6. The number of nitrogens with one attached hydrogen (secondary N) is 2. The second kappa shape index (κ2) is 10.9. The normalized spacial score (nSPS) is 24.1. The topological polar surface area (TPSA) is 60.4 Å². The number of aliphatic hydroxyl groups is 1. The van der Waals surface area contributed by atoms with E-state index in [9.17, 15) is 31.4 Å². The van der Waals surface area contributed by atoms with Crippen LogP contribution in [0.15, 0.2) is 67.4 Å². The number of benzene rings is 2. The van der Waals surface area contributed by atoms with Crippen LogP contribution in [0.1, 0.15) is 29.5 Å². The summed E-state index contributed by atoms with van der Waals surface area (Å²) in [6, 6.07) is 9.93. The summed E-state index contributed by atoms with van der Waals surface area (Å²) in [6.07, 6.45) is -4.81. The van der Waals surface area contributed by atoms with Crippen LogP contribution in [-0.4, -0.2) is 45.8 Å². The van der Waals surface area contributed by atoms with E-state index in [2.05, 4.69) is 27.1 Å². The minimum absolute atomic E-state index is 0.0536. The van der Waals surface area contributed by atoms with Crippen LogP contribution in [0.2, 0.25) is 0 Å². The molecule has 0 saturated carbocycles. The van der Waals surface area contributed by atoms with Gasteiger partial charge in [0.1, 0.15) is 5.60 Å². The first-order valence-corrected chi connectivity index (χ1v) is 13.5. The van der Waals surface area contributed by atoms with Crippen molar-refractivity contribution in [3.8, 4) is 0 Å². The highest BCUT2D eigenvalue weighted by Crippen LogP contribution is 2.45. The Morgan fingerprint density at radius 1 is 1.07 bits per heavy atom. The lowest BCUT2D eigenvalue weighted by Gasteiger charge is -2.54. The second-order valence-corrected chi connectivity index (χ2v) is 11.0. The summed E-state index contributed by atoms with van der Waals surface area (Å²) in [5.41, 5.74) is -3.64. The fourth-order valence-electron chi connectivity index (χ4n) is 6.12. The van der Waals surface area contributed by atoms with Gasteiger partial charge in [0.15, 0.2) is 5.11 Å². The fourth-order valence-corrected chi connectivity index (χ4v) is 6.31. The second-order valence-electron chi connectivity index (χ2n) is 10.6. The first-order chi connectivity index (χ1) is 19.3. The van der Waals surface area contributed by atoms with Crippen molar-refractivity contribution in [2.75, 3.05) is 25.0 Å². The molecule has 0 amide bonds. The predicted octanol–water partition coefficient (Wildman–Crippen LogP) is 6.34. The summed E-state index contributed by atoms with van der Waals surface area (Å²) in [6.45, 7) is 5.30. The molecule has 3 N–H and O–H groups in total. The van der Waals surface area contributed by atoms with Gasteiger partial charge < -0.3 is 15.7 Å². The average Bonchev–Trinajstić information content (AvgIpc) is 2.94. The zero-order valence-corrected chi connectivity index (χ0v) is 22.6. The Kier molecular flexibility index (Phi) is 7.77. The van der Waals surface area contributed by atoms with Crippen LogP contribution >= 0.6 is 12.2 Å². The monoisotopic (exact) mass is 594 g/mol. The highest BCUT2D eigenvalue weighted by Gasteiger charge is 2.50. The highest BCUT2D eigenvalue weighted by atomic mass is 32.1. The maximum atomic E-state index is 13.3. The number of piperidine rings is 3. The van der Waals surface area contributed by atoms with Crippen LogP contribution in [0.3, 0.4) is 0 Å². The lowest BCUT2D eigenvalue weighted by molar-refractivity contribution is -0.143.